The van der Waals surface area contributed by atoms with Gasteiger partial charge in [0.05, 0.1) is 11.4 Å². The fourth-order valence-electron chi connectivity index (χ4n) is 2.44. The maximum atomic E-state index is 13.3. The SMILES string of the molecule is O=C(Nc1nccs1)c1cc(-c2cccnc2)n(-c2ccc(F)cc2)n1. The van der Waals surface area contributed by atoms with Crippen molar-refractivity contribution >= 4 is 22.4 Å². The van der Waals surface area contributed by atoms with Crippen LogP contribution in [0, 0.1) is 5.82 Å². The van der Waals surface area contributed by atoms with Crippen LogP contribution < -0.4 is 5.32 Å². The van der Waals surface area contributed by atoms with Gasteiger partial charge in [-0.15, -0.1) is 11.3 Å². The van der Waals surface area contributed by atoms with Gasteiger partial charge in [-0.3, -0.25) is 15.1 Å². The Morgan fingerprint density at radius 3 is 2.69 bits per heavy atom. The smallest absolute Gasteiger partial charge is 0.277 e. The van der Waals surface area contributed by atoms with Gasteiger partial charge in [0.1, 0.15) is 5.82 Å². The highest BCUT2D eigenvalue weighted by atomic mass is 32.1. The van der Waals surface area contributed by atoms with Crippen LogP contribution in [0.2, 0.25) is 0 Å². The van der Waals surface area contributed by atoms with Gasteiger partial charge >= 0.3 is 0 Å². The summed E-state index contributed by atoms with van der Waals surface area (Å²) in [5.74, 6) is -0.712. The summed E-state index contributed by atoms with van der Waals surface area (Å²) < 4.78 is 14.9. The molecule has 3 aromatic heterocycles. The number of amides is 1. The van der Waals surface area contributed by atoms with E-state index >= 15 is 0 Å². The second kappa shape index (κ2) is 6.85. The number of hydrogen-bond acceptors (Lipinski definition) is 5. The molecule has 8 heteroatoms. The molecule has 0 unspecified atom stereocenters. The summed E-state index contributed by atoms with van der Waals surface area (Å²) in [5.41, 5.74) is 2.33. The van der Waals surface area contributed by atoms with Gasteiger partial charge in [-0.1, -0.05) is 0 Å². The van der Waals surface area contributed by atoms with E-state index in [1.165, 1.54) is 23.5 Å². The lowest BCUT2D eigenvalue weighted by molar-refractivity contribution is 0.102. The minimum Gasteiger partial charge on any atom is -0.296 e. The highest BCUT2D eigenvalue weighted by Crippen LogP contribution is 2.24. The van der Waals surface area contributed by atoms with Crippen molar-refractivity contribution in [3.8, 4) is 16.9 Å². The minimum atomic E-state index is -0.369. The van der Waals surface area contributed by atoms with Crippen molar-refractivity contribution < 1.29 is 9.18 Å². The molecule has 0 radical (unpaired) electrons. The number of nitrogens with zero attached hydrogens (tertiary/aromatic N) is 4. The molecule has 0 atom stereocenters. The summed E-state index contributed by atoms with van der Waals surface area (Å²) in [6.45, 7) is 0. The number of nitrogens with one attached hydrogen (secondary N) is 1. The Bertz CT molecular complexity index is 1030. The molecule has 1 aromatic carbocycles. The van der Waals surface area contributed by atoms with Gasteiger partial charge < -0.3 is 0 Å². The van der Waals surface area contributed by atoms with Gasteiger partial charge in [0.25, 0.3) is 5.91 Å². The average Bonchev–Trinajstić information content (AvgIpc) is 3.33. The number of halogens is 1. The molecule has 0 bridgehead atoms. The Morgan fingerprint density at radius 1 is 1.15 bits per heavy atom. The van der Waals surface area contributed by atoms with E-state index in [9.17, 15) is 9.18 Å². The molecule has 0 saturated heterocycles. The summed E-state index contributed by atoms with van der Waals surface area (Å²) in [4.78, 5) is 20.7. The number of rotatable bonds is 4. The first-order chi connectivity index (χ1) is 12.7. The molecule has 3 heterocycles. The number of carbonyl (C=O) groups is 1. The third-order valence-corrected chi connectivity index (χ3v) is 4.31. The zero-order valence-corrected chi connectivity index (χ0v) is 14.2. The average molecular weight is 365 g/mol. The zero-order valence-electron chi connectivity index (χ0n) is 13.3. The van der Waals surface area contributed by atoms with Crippen molar-refractivity contribution in [2.24, 2.45) is 0 Å². The van der Waals surface area contributed by atoms with Crippen molar-refractivity contribution in [2.45, 2.75) is 0 Å². The van der Waals surface area contributed by atoms with Crippen molar-refractivity contribution in [3.05, 3.63) is 77.9 Å². The van der Waals surface area contributed by atoms with Crippen molar-refractivity contribution in [1.29, 1.82) is 0 Å². The topological polar surface area (TPSA) is 72.7 Å². The molecule has 0 spiro atoms. The fraction of sp³-hybridized carbons (Fsp3) is 0. The second-order valence-corrected chi connectivity index (χ2v) is 6.23. The van der Waals surface area contributed by atoms with E-state index in [0.717, 1.165) is 5.56 Å². The van der Waals surface area contributed by atoms with Crippen LogP contribution in [0.25, 0.3) is 16.9 Å². The van der Waals surface area contributed by atoms with Crippen LogP contribution in [0.1, 0.15) is 10.5 Å². The van der Waals surface area contributed by atoms with Crippen molar-refractivity contribution in [2.75, 3.05) is 5.32 Å². The first-order valence-electron chi connectivity index (χ1n) is 7.68. The van der Waals surface area contributed by atoms with Crippen LogP contribution in [-0.2, 0) is 0 Å². The lowest BCUT2D eigenvalue weighted by Crippen LogP contribution is -2.13. The van der Waals surface area contributed by atoms with E-state index in [2.05, 4.69) is 20.4 Å². The summed E-state index contributed by atoms with van der Waals surface area (Å²) in [6.07, 6.45) is 4.95. The molecule has 0 aliphatic heterocycles. The van der Waals surface area contributed by atoms with Crippen molar-refractivity contribution in [3.63, 3.8) is 0 Å². The highest BCUT2D eigenvalue weighted by molar-refractivity contribution is 7.13. The Labute approximate surface area is 152 Å². The number of carbonyl (C=O) groups excluding carboxylic acids is 1. The molecule has 0 aliphatic carbocycles. The van der Waals surface area contributed by atoms with E-state index in [0.29, 0.717) is 16.5 Å². The molecular weight excluding hydrogens is 353 g/mol. The molecular formula is C18H12FN5OS. The van der Waals surface area contributed by atoms with Gasteiger partial charge in [0.15, 0.2) is 10.8 Å². The van der Waals surface area contributed by atoms with Crippen LogP contribution in [-0.4, -0.2) is 25.7 Å². The van der Waals surface area contributed by atoms with Gasteiger partial charge in [-0.2, -0.15) is 5.10 Å². The zero-order chi connectivity index (χ0) is 17.9. The minimum absolute atomic E-state index is 0.225. The number of anilines is 1. The molecule has 0 saturated carbocycles. The maximum Gasteiger partial charge on any atom is 0.277 e. The molecule has 4 aromatic rings. The molecule has 26 heavy (non-hydrogen) atoms. The quantitative estimate of drug-likeness (QED) is 0.597. The Hall–Kier alpha value is -3.39. The summed E-state index contributed by atoms with van der Waals surface area (Å²) in [6, 6.07) is 11.2. The predicted octanol–water partition coefficient (Wildman–Crippen LogP) is 3.78. The summed E-state index contributed by atoms with van der Waals surface area (Å²) in [7, 11) is 0. The first-order valence-corrected chi connectivity index (χ1v) is 8.56. The number of benzene rings is 1. The van der Waals surface area contributed by atoms with Gasteiger partial charge in [-0.25, -0.2) is 14.1 Å². The Balaban J connectivity index is 1.77. The summed E-state index contributed by atoms with van der Waals surface area (Å²) >= 11 is 1.32. The molecule has 1 amide bonds. The van der Waals surface area contributed by atoms with Crippen LogP contribution in [0.15, 0.2) is 66.4 Å². The Morgan fingerprint density at radius 2 is 2.00 bits per heavy atom. The Kier molecular flexibility index (Phi) is 4.24. The number of hydrogen-bond donors (Lipinski definition) is 1. The number of pyridine rings is 1. The van der Waals surface area contributed by atoms with Crippen LogP contribution >= 0.6 is 11.3 Å². The van der Waals surface area contributed by atoms with Gasteiger partial charge in [0, 0.05) is 29.5 Å². The predicted molar refractivity (Wildman–Crippen MR) is 96.8 cm³/mol. The van der Waals surface area contributed by atoms with Gasteiger partial charge in [0.2, 0.25) is 0 Å². The molecule has 128 valence electrons. The van der Waals surface area contributed by atoms with E-state index in [4.69, 9.17) is 0 Å². The van der Waals surface area contributed by atoms with Crippen molar-refractivity contribution in [1.82, 2.24) is 19.7 Å². The largest absolute Gasteiger partial charge is 0.296 e. The second-order valence-electron chi connectivity index (χ2n) is 5.34. The van der Waals surface area contributed by atoms with E-state index in [1.807, 2.05) is 6.07 Å². The number of thiazole rings is 1. The highest BCUT2D eigenvalue weighted by Gasteiger charge is 2.17. The van der Waals surface area contributed by atoms with E-state index < -0.39 is 0 Å². The molecule has 1 N–H and O–H groups in total. The molecule has 6 nitrogen and oxygen atoms in total. The number of aromatic nitrogens is 4. The maximum absolute atomic E-state index is 13.3. The normalized spacial score (nSPS) is 10.7. The third-order valence-electron chi connectivity index (χ3n) is 3.62. The lowest BCUT2D eigenvalue weighted by atomic mass is 10.2. The third kappa shape index (κ3) is 3.22. The van der Waals surface area contributed by atoms with Crippen LogP contribution in [0.5, 0.6) is 0 Å². The summed E-state index contributed by atoms with van der Waals surface area (Å²) in [5, 5.41) is 9.37. The standard InChI is InChI=1S/C18H12FN5OS/c19-13-3-5-14(6-4-13)24-16(12-2-1-7-20-11-12)10-15(23-24)17(25)22-18-21-8-9-26-18/h1-11H,(H,21,22,25). The van der Waals surface area contributed by atoms with E-state index in [1.54, 1.807) is 52.9 Å². The first kappa shape index (κ1) is 16.1. The lowest BCUT2D eigenvalue weighted by Gasteiger charge is -2.07. The van der Waals surface area contributed by atoms with Crippen LogP contribution in [0.3, 0.4) is 0 Å². The molecule has 0 aliphatic rings. The molecule has 4 rings (SSSR count). The van der Waals surface area contributed by atoms with Gasteiger partial charge in [-0.05, 0) is 42.5 Å². The van der Waals surface area contributed by atoms with E-state index in [-0.39, 0.29) is 17.4 Å². The molecule has 0 fully saturated rings. The monoisotopic (exact) mass is 365 g/mol. The fourth-order valence-corrected chi connectivity index (χ4v) is 2.96. The van der Waals surface area contributed by atoms with Crippen LogP contribution in [0.4, 0.5) is 9.52 Å².